The van der Waals surface area contributed by atoms with E-state index >= 15 is 0 Å². The van der Waals surface area contributed by atoms with Crippen LogP contribution in [0, 0.1) is 0 Å². The molecule has 2 amide bonds. The van der Waals surface area contributed by atoms with Gasteiger partial charge >= 0.3 is 6.09 Å². The SMILES string of the molecule is CCC=CCC=CCC=CCC=CCC=CCCCC(=O)NCCNC(=O)OCC(CC)Nc1nc(NCc2ccccc2)c2ncn(C(C)C)c2n1. The number of amides is 2. The number of ether oxygens (including phenoxy) is 1. The van der Waals surface area contributed by atoms with Crippen molar-refractivity contribution < 1.29 is 14.3 Å². The Hall–Kier alpha value is -5.19. The number of nitrogens with zero attached hydrogens (tertiary/aromatic N) is 4. The van der Waals surface area contributed by atoms with Gasteiger partial charge in [-0.15, -0.1) is 0 Å². The van der Waals surface area contributed by atoms with Crippen LogP contribution in [0.5, 0.6) is 0 Å². The first-order chi connectivity index (χ1) is 25.9. The second kappa shape index (κ2) is 25.7. The van der Waals surface area contributed by atoms with Crippen LogP contribution in [0.2, 0.25) is 0 Å². The highest BCUT2D eigenvalue weighted by Gasteiger charge is 2.18. The second-order valence-electron chi connectivity index (χ2n) is 12.9. The van der Waals surface area contributed by atoms with E-state index in [1.54, 1.807) is 6.33 Å². The van der Waals surface area contributed by atoms with Gasteiger partial charge in [-0.3, -0.25) is 4.79 Å². The van der Waals surface area contributed by atoms with E-state index in [1.165, 1.54) is 0 Å². The molecule has 0 fully saturated rings. The molecule has 1 aromatic carbocycles. The van der Waals surface area contributed by atoms with Crippen LogP contribution in [0.3, 0.4) is 0 Å². The zero-order valence-electron chi connectivity index (χ0n) is 32.1. The molecule has 0 aliphatic rings. The van der Waals surface area contributed by atoms with Gasteiger partial charge in [-0.2, -0.15) is 9.97 Å². The Morgan fingerprint density at radius 1 is 0.830 bits per heavy atom. The molecule has 53 heavy (non-hydrogen) atoms. The van der Waals surface area contributed by atoms with Crippen molar-refractivity contribution in [2.45, 2.75) is 104 Å². The molecule has 3 rings (SSSR count). The summed E-state index contributed by atoms with van der Waals surface area (Å²) < 4.78 is 7.48. The molecule has 4 N–H and O–H groups in total. The number of unbranched alkanes of at least 4 members (excludes halogenated alkanes) is 1. The van der Waals surface area contributed by atoms with E-state index in [0.29, 0.717) is 43.2 Å². The summed E-state index contributed by atoms with van der Waals surface area (Å²) in [6.45, 7) is 9.63. The quantitative estimate of drug-likeness (QED) is 0.0503. The fourth-order valence-electron chi connectivity index (χ4n) is 5.14. The summed E-state index contributed by atoms with van der Waals surface area (Å²) in [5.41, 5.74) is 2.54. The molecular formula is C42H60N8O3. The number of hydrogen-bond acceptors (Lipinski definition) is 8. The number of aromatic nitrogens is 4. The van der Waals surface area contributed by atoms with Gasteiger partial charge in [-0.05, 0) is 70.8 Å². The number of benzene rings is 1. The van der Waals surface area contributed by atoms with Crippen LogP contribution in [-0.4, -0.2) is 57.3 Å². The standard InChI is InChI=1S/C42H60N8O3/c1-5-7-8-9-10-11-12-13-14-15-16-17-18-19-20-21-25-28-37(51)43-29-30-44-42(52)53-32-36(6-2)47-41-48-39(45-31-35-26-23-22-24-27-35)38-40(49-41)50(33-46-38)34(3)4/h7-8,10-11,13-14,16-17,19-20,22-24,26-27,33-34,36H,5-6,9,12,15,18,21,25,28-32H2,1-4H3,(H,43,51)(H,44,52)(H2,45,47,48,49). The predicted molar refractivity (Wildman–Crippen MR) is 218 cm³/mol. The van der Waals surface area contributed by atoms with Crippen molar-refractivity contribution in [1.29, 1.82) is 0 Å². The molecule has 11 heteroatoms. The Morgan fingerprint density at radius 2 is 1.47 bits per heavy atom. The van der Waals surface area contributed by atoms with Gasteiger partial charge in [-0.1, -0.05) is 105 Å². The third-order valence-corrected chi connectivity index (χ3v) is 8.17. The summed E-state index contributed by atoms with van der Waals surface area (Å²) in [4.78, 5) is 38.7. The summed E-state index contributed by atoms with van der Waals surface area (Å²) in [7, 11) is 0. The van der Waals surface area contributed by atoms with Gasteiger partial charge in [0.25, 0.3) is 0 Å². The number of alkyl carbamates (subject to hydrolysis) is 1. The maximum absolute atomic E-state index is 12.4. The Bertz CT molecular complexity index is 1640. The molecule has 0 aliphatic carbocycles. The van der Waals surface area contributed by atoms with Crippen molar-refractivity contribution in [3.63, 3.8) is 0 Å². The van der Waals surface area contributed by atoms with Crippen LogP contribution in [0.15, 0.2) is 97.4 Å². The van der Waals surface area contributed by atoms with E-state index in [-0.39, 0.29) is 31.1 Å². The van der Waals surface area contributed by atoms with Gasteiger partial charge in [0, 0.05) is 32.1 Å². The lowest BCUT2D eigenvalue weighted by Gasteiger charge is -2.18. The van der Waals surface area contributed by atoms with Crippen LogP contribution in [0.25, 0.3) is 11.2 Å². The number of imidazole rings is 1. The van der Waals surface area contributed by atoms with Crippen molar-refractivity contribution in [3.8, 4) is 0 Å². The first kappa shape index (κ1) is 42.2. The summed E-state index contributed by atoms with van der Waals surface area (Å²) in [5.74, 6) is 1.03. The Morgan fingerprint density at radius 3 is 2.11 bits per heavy atom. The zero-order chi connectivity index (χ0) is 37.9. The van der Waals surface area contributed by atoms with Crippen LogP contribution in [0.1, 0.15) is 97.1 Å². The first-order valence-electron chi connectivity index (χ1n) is 19.1. The number of anilines is 2. The normalized spacial score (nSPS) is 12.6. The summed E-state index contributed by atoms with van der Waals surface area (Å²) in [6, 6.07) is 10.0. The number of hydrogen-bond donors (Lipinski definition) is 4. The lowest BCUT2D eigenvalue weighted by atomic mass is 10.2. The van der Waals surface area contributed by atoms with E-state index in [0.717, 1.165) is 56.2 Å². The molecule has 1 atom stereocenters. The molecule has 0 bridgehead atoms. The number of carbonyl (C=O) groups excluding carboxylic acids is 2. The molecule has 3 aromatic rings. The maximum Gasteiger partial charge on any atom is 0.407 e. The Kier molecular flexibility index (Phi) is 20.5. The van der Waals surface area contributed by atoms with Gasteiger partial charge in [-0.25, -0.2) is 9.78 Å². The molecule has 2 aromatic heterocycles. The summed E-state index contributed by atoms with van der Waals surface area (Å²) >= 11 is 0. The monoisotopic (exact) mass is 724 g/mol. The third kappa shape index (κ3) is 17.3. The topological polar surface area (TPSA) is 135 Å². The van der Waals surface area contributed by atoms with E-state index in [1.807, 2.05) is 29.7 Å². The maximum atomic E-state index is 12.4. The molecule has 0 radical (unpaired) electrons. The van der Waals surface area contributed by atoms with Crippen LogP contribution in [-0.2, 0) is 16.1 Å². The lowest BCUT2D eigenvalue weighted by molar-refractivity contribution is -0.121. The van der Waals surface area contributed by atoms with Gasteiger partial charge in [0.1, 0.15) is 6.61 Å². The first-order valence-corrected chi connectivity index (χ1v) is 19.1. The van der Waals surface area contributed by atoms with Crippen molar-refractivity contribution in [2.24, 2.45) is 0 Å². The van der Waals surface area contributed by atoms with Gasteiger partial charge < -0.3 is 30.6 Å². The average Bonchev–Trinajstić information content (AvgIpc) is 3.60. The zero-order valence-corrected chi connectivity index (χ0v) is 32.1. The van der Waals surface area contributed by atoms with Crippen molar-refractivity contribution in [1.82, 2.24) is 30.2 Å². The molecule has 2 heterocycles. The molecule has 0 aliphatic heterocycles. The molecule has 0 saturated heterocycles. The van der Waals surface area contributed by atoms with Crippen molar-refractivity contribution in [3.05, 3.63) is 103 Å². The number of rotatable bonds is 25. The van der Waals surface area contributed by atoms with Crippen LogP contribution >= 0.6 is 0 Å². The Labute approximate surface area is 316 Å². The van der Waals surface area contributed by atoms with Crippen molar-refractivity contribution >= 4 is 34.9 Å². The number of carbonyl (C=O) groups is 2. The second-order valence-corrected chi connectivity index (χ2v) is 12.9. The van der Waals surface area contributed by atoms with Crippen LogP contribution in [0.4, 0.5) is 16.6 Å². The van der Waals surface area contributed by atoms with Gasteiger partial charge in [0.05, 0.1) is 12.4 Å². The Balaban J connectivity index is 1.29. The minimum absolute atomic E-state index is 0.0313. The fourth-order valence-corrected chi connectivity index (χ4v) is 5.14. The smallest absolute Gasteiger partial charge is 0.407 e. The minimum Gasteiger partial charge on any atom is -0.447 e. The summed E-state index contributed by atoms with van der Waals surface area (Å²) in [6.07, 6.45) is 30.6. The third-order valence-electron chi connectivity index (χ3n) is 8.17. The number of allylic oxidation sites excluding steroid dienone is 10. The van der Waals surface area contributed by atoms with E-state index in [2.05, 4.69) is 120 Å². The summed E-state index contributed by atoms with van der Waals surface area (Å²) in [5, 5.41) is 12.3. The van der Waals surface area contributed by atoms with Crippen LogP contribution < -0.4 is 21.3 Å². The van der Waals surface area contributed by atoms with Gasteiger partial charge in [0.2, 0.25) is 11.9 Å². The molecular weight excluding hydrogens is 665 g/mol. The predicted octanol–water partition coefficient (Wildman–Crippen LogP) is 8.97. The van der Waals surface area contributed by atoms with E-state index in [4.69, 9.17) is 14.7 Å². The molecule has 0 saturated carbocycles. The minimum atomic E-state index is -0.544. The van der Waals surface area contributed by atoms with Gasteiger partial charge in [0.15, 0.2) is 17.0 Å². The lowest BCUT2D eigenvalue weighted by Crippen LogP contribution is -2.36. The molecule has 286 valence electrons. The molecule has 11 nitrogen and oxygen atoms in total. The molecule has 1 unspecified atom stereocenters. The van der Waals surface area contributed by atoms with Crippen molar-refractivity contribution in [2.75, 3.05) is 30.3 Å². The largest absolute Gasteiger partial charge is 0.447 e. The highest BCUT2D eigenvalue weighted by molar-refractivity contribution is 5.84. The number of fused-ring (bicyclic) bond motifs is 1. The number of nitrogens with one attached hydrogen (secondary N) is 4. The fraction of sp³-hybridized carbons (Fsp3) is 0.452. The highest BCUT2D eigenvalue weighted by atomic mass is 16.5. The molecule has 0 spiro atoms. The average molecular weight is 725 g/mol. The van der Waals surface area contributed by atoms with E-state index in [9.17, 15) is 9.59 Å². The van der Waals surface area contributed by atoms with E-state index < -0.39 is 6.09 Å². The highest BCUT2D eigenvalue weighted by Crippen LogP contribution is 2.24.